The van der Waals surface area contributed by atoms with Crippen molar-refractivity contribution in [2.45, 2.75) is 43.4 Å². The van der Waals surface area contributed by atoms with Gasteiger partial charge < -0.3 is 9.30 Å². The van der Waals surface area contributed by atoms with Gasteiger partial charge in [-0.05, 0) is 55.5 Å². The highest BCUT2D eigenvalue weighted by molar-refractivity contribution is 8.00. The molecule has 0 aliphatic rings. The lowest BCUT2D eigenvalue weighted by Gasteiger charge is -2.20. The molecule has 1 heterocycles. The molecule has 3 rings (SSSR count). The van der Waals surface area contributed by atoms with Crippen LogP contribution < -0.4 is 9.57 Å². The van der Waals surface area contributed by atoms with Gasteiger partial charge in [-0.1, -0.05) is 30.3 Å². The van der Waals surface area contributed by atoms with Crippen LogP contribution in [-0.2, 0) is 13.0 Å². The van der Waals surface area contributed by atoms with Gasteiger partial charge in [0.15, 0.2) is 0 Å². The molecular formula is C22H25N3O4S. The fraction of sp³-hybridized carbons (Fsp3) is 0.318. The van der Waals surface area contributed by atoms with Crippen LogP contribution in [0, 0.1) is 24.0 Å². The Hall–Kier alpha value is -3.00. The lowest BCUT2D eigenvalue weighted by atomic mass is 10.1. The minimum absolute atomic E-state index is 0.00319. The number of aryl methyl sites for hydroxylation is 3. The molecule has 0 aliphatic heterocycles. The molecule has 0 N–H and O–H groups in total. The number of thioether (sulfide) groups is 1. The van der Waals surface area contributed by atoms with Gasteiger partial charge >= 0.3 is 5.09 Å². The second-order valence-electron chi connectivity index (χ2n) is 7.02. The smallest absolute Gasteiger partial charge is 0.302 e. The molecule has 0 saturated carbocycles. The molecule has 1 unspecified atom stereocenters. The molecule has 0 aliphatic carbocycles. The van der Waals surface area contributed by atoms with E-state index in [0.29, 0.717) is 6.54 Å². The van der Waals surface area contributed by atoms with Gasteiger partial charge in [-0.2, -0.15) is 0 Å². The zero-order chi connectivity index (χ0) is 21.5. The van der Waals surface area contributed by atoms with Crippen molar-refractivity contribution in [3.63, 3.8) is 0 Å². The normalized spacial score (nSPS) is 11.8. The zero-order valence-corrected chi connectivity index (χ0v) is 18.1. The van der Waals surface area contributed by atoms with Crippen LogP contribution in [0.5, 0.6) is 11.8 Å². The van der Waals surface area contributed by atoms with Crippen molar-refractivity contribution in [3.8, 4) is 11.8 Å². The first-order valence-electron chi connectivity index (χ1n) is 9.65. The summed E-state index contributed by atoms with van der Waals surface area (Å²) in [6.45, 7) is 4.76. The summed E-state index contributed by atoms with van der Waals surface area (Å²) in [6.07, 6.45) is 5.00. The second kappa shape index (κ2) is 10.2. The number of methoxy groups -OCH3 is 1. The third-order valence-corrected chi connectivity index (χ3v) is 6.44. The summed E-state index contributed by atoms with van der Waals surface area (Å²) in [5.74, 6) is 0.834. The fourth-order valence-electron chi connectivity index (χ4n) is 3.28. The van der Waals surface area contributed by atoms with E-state index in [1.807, 2.05) is 12.1 Å². The average Bonchev–Trinajstić information content (AvgIpc) is 3.15. The van der Waals surface area contributed by atoms with Crippen molar-refractivity contribution in [2.75, 3.05) is 7.11 Å². The van der Waals surface area contributed by atoms with Crippen molar-refractivity contribution in [1.82, 2.24) is 9.55 Å². The monoisotopic (exact) mass is 427 g/mol. The first kappa shape index (κ1) is 21.7. The first-order chi connectivity index (χ1) is 14.5. The molecule has 30 heavy (non-hydrogen) atoms. The van der Waals surface area contributed by atoms with E-state index in [2.05, 4.69) is 54.0 Å². The van der Waals surface area contributed by atoms with Crippen LogP contribution in [0.3, 0.4) is 0 Å². The van der Waals surface area contributed by atoms with E-state index in [1.54, 1.807) is 29.6 Å². The van der Waals surface area contributed by atoms with E-state index in [1.165, 1.54) is 27.8 Å². The fourth-order valence-corrected chi connectivity index (χ4v) is 4.59. The van der Waals surface area contributed by atoms with Gasteiger partial charge in [0.2, 0.25) is 0 Å². The maximum atomic E-state index is 10.8. The predicted octanol–water partition coefficient (Wildman–Crippen LogP) is 4.87. The molecule has 158 valence electrons. The third kappa shape index (κ3) is 5.76. The van der Waals surface area contributed by atoms with Crippen LogP contribution >= 0.6 is 11.8 Å². The number of benzene rings is 2. The minimum atomic E-state index is -0.830. The summed E-state index contributed by atoms with van der Waals surface area (Å²) < 4.78 is 6.93. The number of nitrogens with zero attached hydrogens (tertiary/aromatic N) is 3. The Bertz CT molecular complexity index is 968. The number of ether oxygens (including phenoxy) is 1. The SMILES string of the molecule is COc1ccc(CCC(Cn2ccnc2O[N+](=O)[O-])Sc2c(C)cccc2C)cc1. The number of hydrogen-bond donors (Lipinski definition) is 0. The van der Waals surface area contributed by atoms with Crippen LogP contribution in [0.4, 0.5) is 0 Å². The lowest BCUT2D eigenvalue weighted by molar-refractivity contribution is -0.713. The van der Waals surface area contributed by atoms with Crippen molar-refractivity contribution < 1.29 is 14.7 Å². The third-order valence-electron chi connectivity index (χ3n) is 4.84. The molecule has 0 fully saturated rings. The van der Waals surface area contributed by atoms with Gasteiger partial charge in [0.05, 0.1) is 7.11 Å². The number of imidazole rings is 1. The Morgan fingerprint density at radius 3 is 2.50 bits per heavy atom. The van der Waals surface area contributed by atoms with E-state index in [9.17, 15) is 10.1 Å². The van der Waals surface area contributed by atoms with E-state index < -0.39 is 5.09 Å². The molecule has 0 saturated heterocycles. The topological polar surface area (TPSA) is 79.4 Å². The van der Waals surface area contributed by atoms with E-state index in [4.69, 9.17) is 4.74 Å². The van der Waals surface area contributed by atoms with E-state index in [0.717, 1.165) is 18.6 Å². The van der Waals surface area contributed by atoms with Crippen LogP contribution in [0.2, 0.25) is 0 Å². The number of rotatable bonds is 10. The molecule has 0 amide bonds. The standard InChI is InChI=1S/C22H25N3O4S/c1-16-5-4-6-17(2)21(16)30-20(12-9-18-7-10-19(28-3)11-8-18)15-24-14-13-23-22(24)29-25(26)27/h4-8,10-11,13-14,20H,9,12,15H2,1-3H3. The molecule has 1 atom stereocenters. The average molecular weight is 428 g/mol. The van der Waals surface area contributed by atoms with Gasteiger partial charge in [0, 0.05) is 29.1 Å². The predicted molar refractivity (Wildman–Crippen MR) is 117 cm³/mol. The van der Waals surface area contributed by atoms with E-state index >= 15 is 0 Å². The van der Waals surface area contributed by atoms with E-state index in [-0.39, 0.29) is 11.3 Å². The minimum Gasteiger partial charge on any atom is -0.497 e. The van der Waals surface area contributed by atoms with Crippen molar-refractivity contribution in [2.24, 2.45) is 0 Å². The summed E-state index contributed by atoms with van der Waals surface area (Å²) in [5.41, 5.74) is 3.67. The molecular weight excluding hydrogens is 402 g/mol. The molecule has 3 aromatic rings. The Morgan fingerprint density at radius 2 is 1.87 bits per heavy atom. The van der Waals surface area contributed by atoms with Gasteiger partial charge in [-0.25, -0.2) is 9.82 Å². The largest absolute Gasteiger partial charge is 0.497 e. The molecule has 2 aromatic carbocycles. The molecule has 0 spiro atoms. The summed E-state index contributed by atoms with van der Waals surface area (Å²) in [6, 6.07) is 14.3. The second-order valence-corrected chi connectivity index (χ2v) is 8.34. The van der Waals surface area contributed by atoms with Crippen LogP contribution in [0.1, 0.15) is 23.1 Å². The summed E-state index contributed by atoms with van der Waals surface area (Å²) in [7, 11) is 1.65. The Balaban J connectivity index is 1.78. The maximum absolute atomic E-state index is 10.8. The van der Waals surface area contributed by atoms with Gasteiger partial charge in [0.25, 0.3) is 6.01 Å². The molecule has 8 heteroatoms. The molecule has 1 aromatic heterocycles. The van der Waals surface area contributed by atoms with Gasteiger partial charge in [-0.15, -0.1) is 21.9 Å². The molecule has 0 radical (unpaired) electrons. The lowest BCUT2D eigenvalue weighted by Crippen LogP contribution is -2.17. The van der Waals surface area contributed by atoms with Crippen molar-refractivity contribution >= 4 is 11.8 Å². The summed E-state index contributed by atoms with van der Waals surface area (Å²) >= 11 is 1.80. The Labute approximate surface area is 180 Å². The molecule has 7 nitrogen and oxygen atoms in total. The number of hydrogen-bond acceptors (Lipinski definition) is 6. The van der Waals surface area contributed by atoms with Crippen molar-refractivity contribution in [1.29, 1.82) is 0 Å². The maximum Gasteiger partial charge on any atom is 0.302 e. The quantitative estimate of drug-likeness (QED) is 0.261. The Kier molecular flexibility index (Phi) is 7.35. The Morgan fingerprint density at radius 1 is 1.17 bits per heavy atom. The highest BCUT2D eigenvalue weighted by atomic mass is 32.2. The number of aromatic nitrogens is 2. The first-order valence-corrected chi connectivity index (χ1v) is 10.5. The van der Waals surface area contributed by atoms with Gasteiger partial charge in [0.1, 0.15) is 5.75 Å². The molecule has 0 bridgehead atoms. The van der Waals surface area contributed by atoms with Crippen LogP contribution in [-0.4, -0.2) is 27.0 Å². The highest BCUT2D eigenvalue weighted by Crippen LogP contribution is 2.33. The van der Waals surface area contributed by atoms with Crippen molar-refractivity contribution in [3.05, 3.63) is 81.7 Å². The van der Waals surface area contributed by atoms with Gasteiger partial charge in [-0.3, -0.25) is 0 Å². The summed E-state index contributed by atoms with van der Waals surface area (Å²) in [4.78, 5) is 20.6. The summed E-state index contributed by atoms with van der Waals surface area (Å²) in [5, 5.41) is 10.1. The van der Waals surface area contributed by atoms with Crippen LogP contribution in [0.25, 0.3) is 0 Å². The zero-order valence-electron chi connectivity index (χ0n) is 17.3. The van der Waals surface area contributed by atoms with Crippen LogP contribution in [0.15, 0.2) is 59.8 Å². The highest BCUT2D eigenvalue weighted by Gasteiger charge is 2.18.